The van der Waals surface area contributed by atoms with E-state index in [-0.39, 0.29) is 5.78 Å². The number of rotatable bonds is 2. The molecule has 66 valence electrons. The van der Waals surface area contributed by atoms with Crippen molar-refractivity contribution in [3.63, 3.8) is 0 Å². The second kappa shape index (κ2) is 3.02. The molecule has 0 spiro atoms. The number of aromatic nitrogens is 5. The third kappa shape index (κ3) is 1.33. The van der Waals surface area contributed by atoms with Crippen molar-refractivity contribution in [1.29, 1.82) is 0 Å². The standard InChI is InChI=1S/C6H5N5OS/c1-11-4(2-7-9-11)6(12)5-3-8-10-13-5/h2-3H,1H3. The highest BCUT2D eigenvalue weighted by Gasteiger charge is 2.15. The van der Waals surface area contributed by atoms with Crippen LogP contribution in [-0.4, -0.2) is 30.4 Å². The molecule has 0 unspecified atom stereocenters. The summed E-state index contributed by atoms with van der Waals surface area (Å²) in [7, 11) is 1.66. The monoisotopic (exact) mass is 195 g/mol. The Labute approximate surface area is 77.4 Å². The van der Waals surface area contributed by atoms with Gasteiger partial charge in [0.25, 0.3) is 0 Å². The molecule has 2 aromatic heterocycles. The molecule has 0 radical (unpaired) electrons. The second-order valence-corrected chi connectivity index (χ2v) is 3.14. The highest BCUT2D eigenvalue weighted by atomic mass is 32.1. The second-order valence-electron chi connectivity index (χ2n) is 2.35. The molecule has 2 rings (SSSR count). The summed E-state index contributed by atoms with van der Waals surface area (Å²) in [5.41, 5.74) is 0.436. The van der Waals surface area contributed by atoms with Crippen molar-refractivity contribution < 1.29 is 4.79 Å². The predicted octanol–water partition coefficient (Wildman–Crippen LogP) is -0.102. The van der Waals surface area contributed by atoms with E-state index in [1.54, 1.807) is 7.05 Å². The quantitative estimate of drug-likeness (QED) is 0.625. The Balaban J connectivity index is 2.39. The number of ketones is 1. The molecule has 0 aliphatic carbocycles. The number of nitrogens with zero attached hydrogens (tertiary/aromatic N) is 5. The van der Waals surface area contributed by atoms with Gasteiger partial charge in [-0.3, -0.25) is 4.79 Å². The maximum absolute atomic E-state index is 11.6. The molecule has 0 saturated carbocycles. The first kappa shape index (κ1) is 7.99. The molecule has 0 atom stereocenters. The molecule has 0 N–H and O–H groups in total. The topological polar surface area (TPSA) is 73.6 Å². The first-order valence-electron chi connectivity index (χ1n) is 3.46. The summed E-state index contributed by atoms with van der Waals surface area (Å²) in [5, 5.41) is 10.8. The average Bonchev–Trinajstić information content (AvgIpc) is 2.72. The molecule has 2 aromatic rings. The van der Waals surface area contributed by atoms with Crippen LogP contribution in [0.15, 0.2) is 12.4 Å². The van der Waals surface area contributed by atoms with E-state index in [0.29, 0.717) is 10.6 Å². The number of carbonyl (C=O) groups excluding carboxylic acids is 1. The molecule has 7 heteroatoms. The van der Waals surface area contributed by atoms with Gasteiger partial charge < -0.3 is 0 Å². The molecule has 0 bridgehead atoms. The fraction of sp³-hybridized carbons (Fsp3) is 0.167. The van der Waals surface area contributed by atoms with Gasteiger partial charge in [-0.25, -0.2) is 4.68 Å². The van der Waals surface area contributed by atoms with Crippen LogP contribution >= 0.6 is 11.5 Å². The SMILES string of the molecule is Cn1nncc1C(=O)c1cnns1. The third-order valence-electron chi connectivity index (χ3n) is 1.53. The van der Waals surface area contributed by atoms with Crippen LogP contribution in [0.3, 0.4) is 0 Å². The Morgan fingerprint density at radius 3 is 2.85 bits per heavy atom. The minimum Gasteiger partial charge on any atom is -0.286 e. The van der Waals surface area contributed by atoms with E-state index in [4.69, 9.17) is 0 Å². The van der Waals surface area contributed by atoms with Gasteiger partial charge in [0.05, 0.1) is 12.4 Å². The summed E-state index contributed by atoms with van der Waals surface area (Å²) in [6.07, 6.45) is 2.85. The maximum Gasteiger partial charge on any atom is 0.225 e. The van der Waals surface area contributed by atoms with Gasteiger partial charge in [0.1, 0.15) is 10.6 Å². The van der Waals surface area contributed by atoms with Gasteiger partial charge in [-0.15, -0.1) is 10.2 Å². The van der Waals surface area contributed by atoms with E-state index in [0.717, 1.165) is 11.5 Å². The average molecular weight is 195 g/mol. The van der Waals surface area contributed by atoms with E-state index in [9.17, 15) is 4.79 Å². The number of hydrogen-bond donors (Lipinski definition) is 0. The van der Waals surface area contributed by atoms with Crippen LogP contribution in [-0.2, 0) is 7.05 Å². The van der Waals surface area contributed by atoms with Crippen molar-refractivity contribution in [3.8, 4) is 0 Å². The van der Waals surface area contributed by atoms with E-state index in [1.807, 2.05) is 0 Å². The van der Waals surface area contributed by atoms with Crippen molar-refractivity contribution >= 4 is 17.3 Å². The van der Waals surface area contributed by atoms with Crippen LogP contribution in [0.25, 0.3) is 0 Å². The van der Waals surface area contributed by atoms with Crippen LogP contribution < -0.4 is 0 Å². The Bertz CT molecular complexity index is 420. The molecule has 0 amide bonds. The lowest BCUT2D eigenvalue weighted by atomic mass is 10.3. The summed E-state index contributed by atoms with van der Waals surface area (Å²) in [5.74, 6) is -0.150. The maximum atomic E-state index is 11.6. The van der Waals surface area contributed by atoms with Crippen LogP contribution in [0.5, 0.6) is 0 Å². The van der Waals surface area contributed by atoms with Gasteiger partial charge in [-0.1, -0.05) is 9.70 Å². The van der Waals surface area contributed by atoms with Gasteiger partial charge in [-0.2, -0.15) is 0 Å². The molecular weight excluding hydrogens is 190 g/mol. The highest BCUT2D eigenvalue weighted by molar-refractivity contribution is 7.08. The molecular formula is C6H5N5OS. The molecule has 0 aromatic carbocycles. The van der Waals surface area contributed by atoms with E-state index < -0.39 is 0 Å². The molecule has 2 heterocycles. The van der Waals surface area contributed by atoms with Crippen molar-refractivity contribution in [3.05, 3.63) is 23.0 Å². The third-order valence-corrected chi connectivity index (χ3v) is 2.20. The van der Waals surface area contributed by atoms with Gasteiger partial charge in [0.2, 0.25) is 5.78 Å². The summed E-state index contributed by atoms with van der Waals surface area (Å²) < 4.78 is 5.02. The van der Waals surface area contributed by atoms with Crippen LogP contribution in [0, 0.1) is 0 Å². The first-order valence-corrected chi connectivity index (χ1v) is 4.23. The van der Waals surface area contributed by atoms with Gasteiger partial charge in [0.15, 0.2) is 0 Å². The molecule has 13 heavy (non-hydrogen) atoms. The highest BCUT2D eigenvalue weighted by Crippen LogP contribution is 2.09. The number of hydrogen-bond acceptors (Lipinski definition) is 6. The summed E-state index contributed by atoms with van der Waals surface area (Å²) in [6, 6.07) is 0. The van der Waals surface area contributed by atoms with Crippen LogP contribution in [0.4, 0.5) is 0 Å². The smallest absolute Gasteiger partial charge is 0.225 e. The Hall–Kier alpha value is -1.63. The molecule has 0 aliphatic rings. The normalized spacial score (nSPS) is 10.2. The Morgan fingerprint density at radius 1 is 1.46 bits per heavy atom. The molecule has 0 aliphatic heterocycles. The predicted molar refractivity (Wildman–Crippen MR) is 44.3 cm³/mol. The fourth-order valence-electron chi connectivity index (χ4n) is 0.889. The van der Waals surface area contributed by atoms with Gasteiger partial charge in [-0.05, 0) is 11.5 Å². The van der Waals surface area contributed by atoms with Crippen molar-refractivity contribution in [2.45, 2.75) is 0 Å². The fourth-order valence-corrected chi connectivity index (χ4v) is 1.35. The Morgan fingerprint density at radius 2 is 2.31 bits per heavy atom. The van der Waals surface area contributed by atoms with E-state index in [1.165, 1.54) is 17.1 Å². The van der Waals surface area contributed by atoms with Crippen LogP contribution in [0.1, 0.15) is 15.4 Å². The zero-order chi connectivity index (χ0) is 9.26. The van der Waals surface area contributed by atoms with Gasteiger partial charge >= 0.3 is 0 Å². The van der Waals surface area contributed by atoms with Crippen molar-refractivity contribution in [2.75, 3.05) is 0 Å². The minimum absolute atomic E-state index is 0.150. The number of carbonyl (C=O) groups is 1. The first-order chi connectivity index (χ1) is 6.29. The Kier molecular flexibility index (Phi) is 1.85. The van der Waals surface area contributed by atoms with E-state index >= 15 is 0 Å². The summed E-state index contributed by atoms with van der Waals surface area (Å²) in [4.78, 5) is 12.1. The van der Waals surface area contributed by atoms with Crippen molar-refractivity contribution in [1.82, 2.24) is 24.6 Å². The lowest BCUT2D eigenvalue weighted by molar-refractivity contribution is 0.103. The van der Waals surface area contributed by atoms with Crippen molar-refractivity contribution in [2.24, 2.45) is 7.05 Å². The zero-order valence-corrected chi connectivity index (χ0v) is 7.52. The summed E-state index contributed by atoms with van der Waals surface area (Å²) in [6.45, 7) is 0. The minimum atomic E-state index is -0.150. The molecule has 0 saturated heterocycles. The number of aryl methyl sites for hydroxylation is 1. The molecule has 0 fully saturated rings. The largest absolute Gasteiger partial charge is 0.286 e. The molecule has 6 nitrogen and oxygen atoms in total. The summed E-state index contributed by atoms with van der Waals surface area (Å²) >= 11 is 1.06. The van der Waals surface area contributed by atoms with Gasteiger partial charge in [0, 0.05) is 7.05 Å². The van der Waals surface area contributed by atoms with E-state index in [2.05, 4.69) is 19.9 Å². The van der Waals surface area contributed by atoms with Crippen LogP contribution in [0.2, 0.25) is 0 Å². The lowest BCUT2D eigenvalue weighted by Crippen LogP contribution is -2.06. The zero-order valence-electron chi connectivity index (χ0n) is 6.71. The lowest BCUT2D eigenvalue weighted by Gasteiger charge is -1.94.